The molecule has 0 aromatic heterocycles. The van der Waals surface area contributed by atoms with E-state index in [9.17, 15) is 4.79 Å². The average Bonchev–Trinajstić information content (AvgIpc) is 3.07. The Morgan fingerprint density at radius 1 is 1.05 bits per heavy atom. The highest BCUT2D eigenvalue weighted by Crippen LogP contribution is 2.36. The third-order valence-corrected chi connectivity index (χ3v) is 5.56. The molecule has 1 aromatic rings. The lowest BCUT2D eigenvalue weighted by molar-refractivity contribution is 0.0782. The van der Waals surface area contributed by atoms with Crippen molar-refractivity contribution in [2.75, 3.05) is 24.5 Å². The summed E-state index contributed by atoms with van der Waals surface area (Å²) in [6.07, 6.45) is 7.96. The summed E-state index contributed by atoms with van der Waals surface area (Å²) in [5.74, 6) is 0.351. The summed E-state index contributed by atoms with van der Waals surface area (Å²) in [7, 11) is 0. The summed E-state index contributed by atoms with van der Waals surface area (Å²) in [5.41, 5.74) is 3.22. The van der Waals surface area contributed by atoms with Gasteiger partial charge in [0, 0.05) is 24.3 Å². The molecule has 112 valence electrons. The van der Waals surface area contributed by atoms with Crippen molar-refractivity contribution in [1.29, 1.82) is 0 Å². The maximum absolute atomic E-state index is 13.1. The summed E-state index contributed by atoms with van der Waals surface area (Å²) in [4.78, 5) is 15.5. The van der Waals surface area contributed by atoms with Crippen molar-refractivity contribution in [2.24, 2.45) is 0 Å². The van der Waals surface area contributed by atoms with Gasteiger partial charge in [-0.3, -0.25) is 4.79 Å². The maximum Gasteiger partial charge on any atom is 0.183 e. The SMILES string of the molecule is O=C1c2cc(N3CCCC3)ccc2CCC12CCCCN2. The van der Waals surface area contributed by atoms with Crippen molar-refractivity contribution in [3.05, 3.63) is 29.3 Å². The Hall–Kier alpha value is -1.35. The van der Waals surface area contributed by atoms with E-state index in [1.165, 1.54) is 36.9 Å². The van der Waals surface area contributed by atoms with Gasteiger partial charge in [-0.05, 0) is 69.2 Å². The van der Waals surface area contributed by atoms with Gasteiger partial charge >= 0.3 is 0 Å². The molecule has 3 aliphatic rings. The van der Waals surface area contributed by atoms with E-state index in [1.54, 1.807) is 0 Å². The first kappa shape index (κ1) is 13.3. The highest BCUT2D eigenvalue weighted by Gasteiger charge is 2.43. The van der Waals surface area contributed by atoms with Crippen LogP contribution in [-0.2, 0) is 6.42 Å². The fourth-order valence-corrected chi connectivity index (χ4v) is 4.26. The van der Waals surface area contributed by atoms with Gasteiger partial charge in [-0.25, -0.2) is 0 Å². The Morgan fingerprint density at radius 2 is 1.90 bits per heavy atom. The monoisotopic (exact) mass is 284 g/mol. The van der Waals surface area contributed by atoms with Crippen LogP contribution in [0.2, 0.25) is 0 Å². The molecular formula is C18H24N2O. The molecule has 21 heavy (non-hydrogen) atoms. The number of rotatable bonds is 1. The lowest BCUT2D eigenvalue weighted by Crippen LogP contribution is -2.56. The molecule has 2 aliphatic heterocycles. The maximum atomic E-state index is 13.1. The van der Waals surface area contributed by atoms with Crippen LogP contribution in [0.3, 0.4) is 0 Å². The quantitative estimate of drug-likeness (QED) is 0.860. The van der Waals surface area contributed by atoms with E-state index in [4.69, 9.17) is 0 Å². The highest BCUT2D eigenvalue weighted by atomic mass is 16.1. The second-order valence-corrected chi connectivity index (χ2v) is 6.83. The van der Waals surface area contributed by atoms with E-state index >= 15 is 0 Å². The normalized spacial score (nSPS) is 29.0. The Bertz CT molecular complexity index is 554. The van der Waals surface area contributed by atoms with Crippen LogP contribution in [0.4, 0.5) is 5.69 Å². The van der Waals surface area contributed by atoms with Gasteiger partial charge in [-0.2, -0.15) is 0 Å². The number of carbonyl (C=O) groups excluding carboxylic acids is 1. The first-order valence-corrected chi connectivity index (χ1v) is 8.46. The van der Waals surface area contributed by atoms with Crippen molar-refractivity contribution < 1.29 is 4.79 Å². The minimum Gasteiger partial charge on any atom is -0.372 e. The van der Waals surface area contributed by atoms with Gasteiger partial charge in [0.25, 0.3) is 0 Å². The Kier molecular flexibility index (Phi) is 3.26. The molecular weight excluding hydrogens is 260 g/mol. The van der Waals surface area contributed by atoms with Gasteiger partial charge in [-0.15, -0.1) is 0 Å². The number of aryl methyl sites for hydroxylation is 1. The summed E-state index contributed by atoms with van der Waals surface area (Å²) in [6, 6.07) is 6.57. The highest BCUT2D eigenvalue weighted by molar-refractivity contribution is 6.06. The van der Waals surface area contributed by atoms with Crippen molar-refractivity contribution in [3.8, 4) is 0 Å². The van der Waals surface area contributed by atoms with Crippen molar-refractivity contribution in [1.82, 2.24) is 5.32 Å². The van der Waals surface area contributed by atoms with Crippen molar-refractivity contribution in [2.45, 2.75) is 50.5 Å². The van der Waals surface area contributed by atoms with E-state index in [-0.39, 0.29) is 5.54 Å². The fraction of sp³-hybridized carbons (Fsp3) is 0.611. The van der Waals surface area contributed by atoms with Crippen molar-refractivity contribution >= 4 is 11.5 Å². The Labute approximate surface area is 126 Å². The summed E-state index contributed by atoms with van der Waals surface area (Å²) in [5, 5.41) is 3.55. The third-order valence-electron chi connectivity index (χ3n) is 5.56. The molecule has 0 radical (unpaired) electrons. The first-order chi connectivity index (χ1) is 10.3. The van der Waals surface area contributed by atoms with Gasteiger partial charge in [0.15, 0.2) is 5.78 Å². The van der Waals surface area contributed by atoms with Crippen LogP contribution in [0.5, 0.6) is 0 Å². The van der Waals surface area contributed by atoms with Crippen LogP contribution in [-0.4, -0.2) is 31.0 Å². The van der Waals surface area contributed by atoms with E-state index in [0.29, 0.717) is 5.78 Å². The van der Waals surface area contributed by atoms with Crippen LogP contribution in [0.15, 0.2) is 18.2 Å². The van der Waals surface area contributed by atoms with E-state index < -0.39 is 0 Å². The second kappa shape index (κ2) is 5.13. The number of ketones is 1. The molecule has 2 heterocycles. The standard InChI is InChI=1S/C18H24N2O/c21-17-16-13-15(20-11-3-4-12-20)6-5-14(16)7-9-18(17)8-1-2-10-19-18/h5-6,13,19H,1-4,7-12H2. The average molecular weight is 284 g/mol. The number of nitrogens with zero attached hydrogens (tertiary/aromatic N) is 1. The van der Waals surface area contributed by atoms with E-state index in [1.807, 2.05) is 0 Å². The number of fused-ring (bicyclic) bond motifs is 1. The Morgan fingerprint density at radius 3 is 2.67 bits per heavy atom. The smallest absolute Gasteiger partial charge is 0.183 e. The van der Waals surface area contributed by atoms with Crippen molar-refractivity contribution in [3.63, 3.8) is 0 Å². The number of anilines is 1. The predicted molar refractivity (Wildman–Crippen MR) is 85.1 cm³/mol. The summed E-state index contributed by atoms with van der Waals surface area (Å²) in [6.45, 7) is 3.26. The van der Waals surface area contributed by atoms with Gasteiger partial charge < -0.3 is 10.2 Å². The molecule has 1 N–H and O–H groups in total. The number of piperidine rings is 1. The molecule has 1 aromatic carbocycles. The van der Waals surface area contributed by atoms with Crippen LogP contribution in [0.1, 0.15) is 54.4 Å². The largest absolute Gasteiger partial charge is 0.372 e. The lowest BCUT2D eigenvalue weighted by Gasteiger charge is -2.40. The summed E-state index contributed by atoms with van der Waals surface area (Å²) < 4.78 is 0. The molecule has 3 nitrogen and oxygen atoms in total. The molecule has 2 fully saturated rings. The molecule has 3 heteroatoms. The second-order valence-electron chi connectivity index (χ2n) is 6.83. The number of Topliss-reactive ketones (excluding diaryl/α,β-unsaturated/α-hetero) is 1. The zero-order chi connectivity index (χ0) is 14.3. The van der Waals surface area contributed by atoms with Gasteiger partial charge in [0.05, 0.1) is 5.54 Å². The summed E-state index contributed by atoms with van der Waals surface area (Å²) >= 11 is 0. The number of hydrogen-bond donors (Lipinski definition) is 1. The minimum absolute atomic E-state index is 0.255. The van der Waals surface area contributed by atoms with Crippen LogP contribution < -0.4 is 10.2 Å². The van der Waals surface area contributed by atoms with Gasteiger partial charge in [0.2, 0.25) is 0 Å². The first-order valence-electron chi connectivity index (χ1n) is 8.46. The number of hydrogen-bond acceptors (Lipinski definition) is 3. The number of nitrogens with one attached hydrogen (secondary N) is 1. The van der Waals surface area contributed by atoms with Crippen LogP contribution in [0.25, 0.3) is 0 Å². The van der Waals surface area contributed by atoms with Crippen LogP contribution in [0, 0.1) is 0 Å². The molecule has 1 spiro atoms. The molecule has 1 unspecified atom stereocenters. The molecule has 4 rings (SSSR count). The minimum atomic E-state index is -0.255. The van der Waals surface area contributed by atoms with E-state index in [0.717, 1.165) is 44.5 Å². The van der Waals surface area contributed by atoms with Gasteiger partial charge in [0.1, 0.15) is 0 Å². The fourth-order valence-electron chi connectivity index (χ4n) is 4.26. The van der Waals surface area contributed by atoms with E-state index in [2.05, 4.69) is 28.4 Å². The lowest BCUT2D eigenvalue weighted by atomic mass is 9.72. The molecule has 0 amide bonds. The predicted octanol–water partition coefficient (Wildman–Crippen LogP) is 2.93. The number of carbonyl (C=O) groups is 1. The topological polar surface area (TPSA) is 32.3 Å². The molecule has 2 saturated heterocycles. The molecule has 1 aliphatic carbocycles. The van der Waals surface area contributed by atoms with Crippen LogP contribution >= 0.6 is 0 Å². The van der Waals surface area contributed by atoms with Gasteiger partial charge in [-0.1, -0.05) is 6.07 Å². The zero-order valence-corrected chi connectivity index (χ0v) is 12.7. The zero-order valence-electron chi connectivity index (χ0n) is 12.7. The number of benzene rings is 1. The molecule has 0 bridgehead atoms. The Balaban J connectivity index is 1.68. The molecule has 1 atom stereocenters. The molecule has 0 saturated carbocycles. The third kappa shape index (κ3) is 2.18.